The van der Waals surface area contributed by atoms with Gasteiger partial charge in [-0.05, 0) is 54.9 Å². The van der Waals surface area contributed by atoms with Crippen molar-refractivity contribution in [1.82, 2.24) is 10.1 Å². The SMILES string of the molecule is O=C(O)c1cc(OCC(F)F)c2cc(N3CC4C(/C=C/c5c(-c6ccccc6C(F)(F)F)noc5C5CC5)C4C3)ccc2n1. The first-order valence-corrected chi connectivity index (χ1v) is 14.3. The molecular formula is C32H26F5N3O4. The molecule has 1 saturated heterocycles. The zero-order valence-electron chi connectivity index (χ0n) is 23.1. The summed E-state index contributed by atoms with van der Waals surface area (Å²) in [5.74, 6) is 0.432. The number of ether oxygens (including phenoxy) is 1. The average Bonchev–Trinajstić information content (AvgIpc) is 3.85. The van der Waals surface area contributed by atoms with Crippen molar-refractivity contribution in [2.45, 2.75) is 31.4 Å². The fourth-order valence-electron chi connectivity index (χ4n) is 6.28. The zero-order chi connectivity index (χ0) is 30.7. The second kappa shape index (κ2) is 10.6. The van der Waals surface area contributed by atoms with E-state index in [1.807, 2.05) is 12.1 Å². The van der Waals surface area contributed by atoms with Gasteiger partial charge in [0, 0.05) is 47.3 Å². The summed E-state index contributed by atoms with van der Waals surface area (Å²) in [7, 11) is 0. The Morgan fingerprint density at radius 3 is 2.55 bits per heavy atom. The second-order valence-electron chi connectivity index (χ2n) is 11.5. The number of fused-ring (bicyclic) bond motifs is 2. The van der Waals surface area contributed by atoms with Crippen LogP contribution in [0, 0.1) is 17.8 Å². The summed E-state index contributed by atoms with van der Waals surface area (Å²) in [5, 5.41) is 13.9. The summed E-state index contributed by atoms with van der Waals surface area (Å²) in [6.45, 7) is 0.576. The van der Waals surface area contributed by atoms with Crippen molar-refractivity contribution >= 4 is 28.6 Å². The predicted molar refractivity (Wildman–Crippen MR) is 151 cm³/mol. The number of carbonyl (C=O) groups is 1. The van der Waals surface area contributed by atoms with E-state index in [0.29, 0.717) is 34.1 Å². The number of rotatable bonds is 9. The molecule has 3 heterocycles. The molecule has 2 aromatic carbocycles. The van der Waals surface area contributed by atoms with Crippen molar-refractivity contribution in [1.29, 1.82) is 0 Å². The van der Waals surface area contributed by atoms with Gasteiger partial charge in [-0.3, -0.25) is 0 Å². The first-order chi connectivity index (χ1) is 21.1. The highest BCUT2D eigenvalue weighted by Gasteiger charge is 2.54. The van der Waals surface area contributed by atoms with Gasteiger partial charge in [-0.2, -0.15) is 13.2 Å². The molecule has 4 aromatic rings. The van der Waals surface area contributed by atoms with Gasteiger partial charge in [0.25, 0.3) is 6.43 Å². The minimum absolute atomic E-state index is 0.00404. The lowest BCUT2D eigenvalue weighted by Gasteiger charge is -2.22. The Morgan fingerprint density at radius 2 is 1.86 bits per heavy atom. The molecule has 7 rings (SSSR count). The van der Waals surface area contributed by atoms with Crippen molar-refractivity contribution in [2.75, 3.05) is 24.6 Å². The monoisotopic (exact) mass is 611 g/mol. The van der Waals surface area contributed by atoms with Crippen molar-refractivity contribution in [3.8, 4) is 17.0 Å². The number of aromatic nitrogens is 2. The van der Waals surface area contributed by atoms with E-state index in [-0.39, 0.29) is 34.5 Å². The summed E-state index contributed by atoms with van der Waals surface area (Å²) in [6.07, 6.45) is -1.51. The molecule has 228 valence electrons. The molecule has 12 heteroatoms. The standard InChI is InChI=1S/C32H26F5N3O4/c33-28(34)15-43-27-12-26(31(41)42)38-25-10-7-17(11-21(25)27)40-13-22-18(23(22)14-40)8-9-20-29(39-44-30(20)16-5-6-16)19-3-1-2-4-24(19)32(35,36)37/h1-4,7-12,16,18,22-23,28H,5-6,13-15H2,(H,41,42)/b9-8+. The van der Waals surface area contributed by atoms with Crippen LogP contribution in [0.15, 0.2) is 59.1 Å². The normalized spacial score (nSPS) is 21.4. The number of benzene rings is 2. The van der Waals surface area contributed by atoms with E-state index < -0.39 is 30.7 Å². The molecule has 3 aliphatic rings. The van der Waals surface area contributed by atoms with Crippen LogP contribution in [0.4, 0.5) is 27.6 Å². The van der Waals surface area contributed by atoms with Crippen LogP contribution < -0.4 is 9.64 Å². The maximum Gasteiger partial charge on any atom is 0.417 e. The van der Waals surface area contributed by atoms with Crippen LogP contribution in [0.3, 0.4) is 0 Å². The Balaban J connectivity index is 1.11. The summed E-state index contributed by atoms with van der Waals surface area (Å²) in [4.78, 5) is 17.8. The van der Waals surface area contributed by atoms with Gasteiger partial charge in [-0.1, -0.05) is 35.5 Å². The number of carboxylic acids is 1. The number of aromatic carboxylic acids is 1. The molecule has 2 aromatic heterocycles. The van der Waals surface area contributed by atoms with Crippen molar-refractivity contribution in [2.24, 2.45) is 17.8 Å². The quantitative estimate of drug-likeness (QED) is 0.196. The van der Waals surface area contributed by atoms with Crippen molar-refractivity contribution < 1.29 is 41.1 Å². The molecule has 1 aliphatic heterocycles. The summed E-state index contributed by atoms with van der Waals surface area (Å²) >= 11 is 0. The van der Waals surface area contributed by atoms with E-state index in [2.05, 4.69) is 21.1 Å². The van der Waals surface area contributed by atoms with Gasteiger partial charge in [-0.25, -0.2) is 18.6 Å². The van der Waals surface area contributed by atoms with Crippen molar-refractivity contribution in [3.05, 3.63) is 77.2 Å². The van der Waals surface area contributed by atoms with Crippen LogP contribution in [0.5, 0.6) is 5.75 Å². The number of piperidine rings is 1. The number of nitrogens with zero attached hydrogens (tertiary/aromatic N) is 3. The third kappa shape index (κ3) is 5.26. The lowest BCUT2D eigenvalue weighted by Crippen LogP contribution is -2.23. The Labute approximate surface area is 247 Å². The maximum absolute atomic E-state index is 13.8. The Hall–Kier alpha value is -4.48. The molecule has 0 bridgehead atoms. The van der Waals surface area contributed by atoms with Crippen LogP contribution in [-0.2, 0) is 6.18 Å². The Bertz CT molecular complexity index is 1770. The molecule has 1 N–H and O–H groups in total. The third-order valence-electron chi connectivity index (χ3n) is 8.64. The summed E-state index contributed by atoms with van der Waals surface area (Å²) in [6, 6.07) is 11.8. The average molecular weight is 612 g/mol. The maximum atomic E-state index is 13.8. The number of carboxylic acid groups (broad SMARTS) is 1. The molecule has 2 aliphatic carbocycles. The number of halogens is 5. The predicted octanol–water partition coefficient (Wildman–Crippen LogP) is 7.52. The fourth-order valence-corrected chi connectivity index (χ4v) is 6.28. The van der Waals surface area contributed by atoms with Crippen LogP contribution in [0.1, 0.15) is 46.1 Å². The topological polar surface area (TPSA) is 88.7 Å². The molecule has 0 radical (unpaired) electrons. The minimum Gasteiger partial charge on any atom is -0.487 e. The van der Waals surface area contributed by atoms with E-state index in [0.717, 1.165) is 43.8 Å². The lowest BCUT2D eigenvalue weighted by atomic mass is 9.98. The molecule has 0 spiro atoms. The first kappa shape index (κ1) is 28.3. The van der Waals surface area contributed by atoms with Gasteiger partial charge in [0.1, 0.15) is 23.8 Å². The smallest absolute Gasteiger partial charge is 0.417 e. The van der Waals surface area contributed by atoms with E-state index in [4.69, 9.17) is 9.26 Å². The van der Waals surface area contributed by atoms with Crippen LogP contribution in [0.25, 0.3) is 28.2 Å². The summed E-state index contributed by atoms with van der Waals surface area (Å²) in [5.41, 5.74) is 0.905. The number of pyridine rings is 1. The van der Waals surface area contributed by atoms with Crippen molar-refractivity contribution in [3.63, 3.8) is 0 Å². The third-order valence-corrected chi connectivity index (χ3v) is 8.64. The molecule has 2 unspecified atom stereocenters. The lowest BCUT2D eigenvalue weighted by molar-refractivity contribution is -0.137. The van der Waals surface area contributed by atoms with Gasteiger partial charge < -0.3 is 19.3 Å². The van der Waals surface area contributed by atoms with Gasteiger partial charge in [0.05, 0.1) is 11.1 Å². The zero-order valence-corrected chi connectivity index (χ0v) is 23.1. The number of hydrogen-bond donors (Lipinski definition) is 1. The number of hydrogen-bond acceptors (Lipinski definition) is 6. The molecular weight excluding hydrogens is 585 g/mol. The highest BCUT2D eigenvalue weighted by atomic mass is 19.4. The van der Waals surface area contributed by atoms with Gasteiger partial charge in [0.2, 0.25) is 0 Å². The summed E-state index contributed by atoms with van der Waals surface area (Å²) < 4.78 is 77.9. The van der Waals surface area contributed by atoms with Crippen LogP contribution in [-0.4, -0.2) is 47.3 Å². The highest BCUT2D eigenvalue weighted by molar-refractivity contribution is 5.94. The van der Waals surface area contributed by atoms with E-state index in [1.165, 1.54) is 12.1 Å². The largest absolute Gasteiger partial charge is 0.487 e. The van der Waals surface area contributed by atoms with E-state index >= 15 is 0 Å². The number of anilines is 1. The van der Waals surface area contributed by atoms with Gasteiger partial charge >= 0.3 is 12.1 Å². The minimum atomic E-state index is -4.53. The fraction of sp³-hybridized carbons (Fsp3) is 0.344. The number of allylic oxidation sites excluding steroid dienone is 1. The molecule has 7 nitrogen and oxygen atoms in total. The Morgan fingerprint density at radius 1 is 1.11 bits per heavy atom. The Kier molecular flexibility index (Phi) is 6.82. The molecule has 0 amide bonds. The molecule has 2 atom stereocenters. The van der Waals surface area contributed by atoms with Gasteiger partial charge in [0.15, 0.2) is 5.69 Å². The second-order valence-corrected chi connectivity index (χ2v) is 11.5. The van der Waals surface area contributed by atoms with E-state index in [9.17, 15) is 31.9 Å². The molecule has 3 fully saturated rings. The highest BCUT2D eigenvalue weighted by Crippen LogP contribution is 2.54. The first-order valence-electron chi connectivity index (χ1n) is 14.3. The number of alkyl halides is 5. The van der Waals surface area contributed by atoms with Crippen LogP contribution in [0.2, 0.25) is 0 Å². The molecule has 44 heavy (non-hydrogen) atoms. The molecule has 2 saturated carbocycles. The van der Waals surface area contributed by atoms with Gasteiger partial charge in [-0.15, -0.1) is 0 Å². The van der Waals surface area contributed by atoms with Crippen LogP contribution >= 0.6 is 0 Å². The van der Waals surface area contributed by atoms with E-state index in [1.54, 1.807) is 18.2 Å².